The van der Waals surface area contributed by atoms with Gasteiger partial charge in [-0.2, -0.15) is 0 Å². The molecular formula is C22H19BrN4O2S. The van der Waals surface area contributed by atoms with Crippen LogP contribution in [0.25, 0.3) is 22.2 Å². The van der Waals surface area contributed by atoms with Gasteiger partial charge in [-0.1, -0.05) is 40.2 Å². The summed E-state index contributed by atoms with van der Waals surface area (Å²) in [5.41, 5.74) is 3.36. The molecule has 0 saturated heterocycles. The van der Waals surface area contributed by atoms with Crippen LogP contribution in [0.3, 0.4) is 0 Å². The second-order valence-electron chi connectivity index (χ2n) is 6.94. The topological polar surface area (TPSA) is 76.9 Å². The number of halogens is 1. The first-order valence-corrected chi connectivity index (χ1v) is 11.0. The minimum absolute atomic E-state index is 0.140. The largest absolute Gasteiger partial charge is 0.302 e. The predicted octanol–water partition coefficient (Wildman–Crippen LogP) is 4.93. The van der Waals surface area contributed by atoms with Crippen molar-refractivity contribution in [3.8, 4) is 11.3 Å². The number of nitrogens with zero attached hydrogens (tertiary/aromatic N) is 3. The molecule has 4 aromatic rings. The highest BCUT2D eigenvalue weighted by atomic mass is 79.9. The Labute approximate surface area is 185 Å². The second-order valence-corrected chi connectivity index (χ2v) is 9.06. The molecule has 2 aromatic carbocycles. The van der Waals surface area contributed by atoms with E-state index in [9.17, 15) is 9.59 Å². The average Bonchev–Trinajstić information content (AvgIpc) is 3.08. The lowest BCUT2D eigenvalue weighted by Crippen LogP contribution is -2.23. The van der Waals surface area contributed by atoms with Gasteiger partial charge in [-0.05, 0) is 37.6 Å². The number of rotatable bonds is 5. The Morgan fingerprint density at radius 3 is 2.70 bits per heavy atom. The van der Waals surface area contributed by atoms with Crippen LogP contribution in [0.2, 0.25) is 0 Å². The van der Waals surface area contributed by atoms with Crippen LogP contribution in [-0.2, 0) is 11.3 Å². The first-order chi connectivity index (χ1) is 14.4. The summed E-state index contributed by atoms with van der Waals surface area (Å²) < 4.78 is 2.48. The number of nitrogens with one attached hydrogen (secondary N) is 1. The van der Waals surface area contributed by atoms with Crippen molar-refractivity contribution < 1.29 is 4.79 Å². The van der Waals surface area contributed by atoms with Crippen LogP contribution in [0.15, 0.2) is 58.1 Å². The van der Waals surface area contributed by atoms with Gasteiger partial charge in [0.05, 0.1) is 22.9 Å². The number of amides is 1. The molecule has 1 amide bonds. The minimum atomic E-state index is -0.192. The molecule has 152 valence electrons. The molecule has 0 atom stereocenters. The van der Waals surface area contributed by atoms with E-state index in [1.165, 1.54) is 22.2 Å². The number of carbonyl (C=O) groups is 1. The lowest BCUT2D eigenvalue weighted by atomic mass is 10.1. The molecule has 0 radical (unpaired) electrons. The third-order valence-electron chi connectivity index (χ3n) is 4.80. The number of hydrogen-bond donors (Lipinski definition) is 1. The number of carbonyl (C=O) groups excluding carboxylic acids is 1. The number of fused-ring (bicyclic) bond motifs is 1. The van der Waals surface area contributed by atoms with E-state index in [0.29, 0.717) is 16.0 Å². The third kappa shape index (κ3) is 4.20. The van der Waals surface area contributed by atoms with E-state index in [4.69, 9.17) is 0 Å². The maximum atomic E-state index is 12.7. The molecule has 2 heterocycles. The van der Waals surface area contributed by atoms with Crippen LogP contribution in [-0.4, -0.2) is 20.4 Å². The molecule has 0 saturated carbocycles. The van der Waals surface area contributed by atoms with Crippen LogP contribution in [0.1, 0.15) is 16.9 Å². The van der Waals surface area contributed by atoms with E-state index in [1.54, 1.807) is 6.07 Å². The summed E-state index contributed by atoms with van der Waals surface area (Å²) in [7, 11) is 0. The lowest BCUT2D eigenvalue weighted by Gasteiger charge is -2.07. The van der Waals surface area contributed by atoms with Crippen LogP contribution in [0.4, 0.5) is 5.13 Å². The first-order valence-electron chi connectivity index (χ1n) is 9.40. The molecule has 0 aliphatic rings. The Morgan fingerprint density at radius 2 is 1.93 bits per heavy atom. The number of anilines is 1. The predicted molar refractivity (Wildman–Crippen MR) is 124 cm³/mol. The van der Waals surface area contributed by atoms with Crippen molar-refractivity contribution in [1.82, 2.24) is 14.5 Å². The number of thiazole rings is 1. The lowest BCUT2D eigenvalue weighted by molar-refractivity contribution is -0.116. The summed E-state index contributed by atoms with van der Waals surface area (Å²) in [6.45, 7) is 4.16. The van der Waals surface area contributed by atoms with E-state index < -0.39 is 0 Å². The molecule has 2 aromatic heterocycles. The second kappa shape index (κ2) is 8.49. The van der Waals surface area contributed by atoms with Gasteiger partial charge in [-0.3, -0.25) is 14.2 Å². The van der Waals surface area contributed by atoms with Gasteiger partial charge >= 0.3 is 0 Å². The van der Waals surface area contributed by atoms with E-state index in [0.717, 1.165) is 26.2 Å². The van der Waals surface area contributed by atoms with Crippen LogP contribution >= 0.6 is 27.3 Å². The number of hydrogen-bond acceptors (Lipinski definition) is 5. The van der Waals surface area contributed by atoms with Crippen molar-refractivity contribution in [3.63, 3.8) is 0 Å². The van der Waals surface area contributed by atoms with Crippen molar-refractivity contribution in [2.45, 2.75) is 26.8 Å². The van der Waals surface area contributed by atoms with Crippen LogP contribution in [0.5, 0.6) is 0 Å². The van der Waals surface area contributed by atoms with Crippen LogP contribution < -0.4 is 10.9 Å². The molecule has 0 fully saturated rings. The molecule has 8 heteroatoms. The number of aryl methyl sites for hydroxylation is 3. The average molecular weight is 483 g/mol. The Hall–Kier alpha value is -2.84. The first kappa shape index (κ1) is 20.4. The van der Waals surface area contributed by atoms with Crippen molar-refractivity contribution in [3.05, 3.63) is 74.1 Å². The molecular weight excluding hydrogens is 464 g/mol. The number of aromatic nitrogens is 3. The van der Waals surface area contributed by atoms with E-state index in [-0.39, 0.29) is 24.4 Å². The Balaban J connectivity index is 1.45. The quantitative estimate of drug-likeness (QED) is 0.437. The van der Waals surface area contributed by atoms with Gasteiger partial charge in [0.15, 0.2) is 5.13 Å². The van der Waals surface area contributed by atoms with E-state index in [2.05, 4.69) is 31.2 Å². The summed E-state index contributed by atoms with van der Waals surface area (Å²) in [5.74, 6) is -0.192. The highest BCUT2D eigenvalue weighted by Gasteiger charge is 2.13. The normalized spacial score (nSPS) is 11.0. The fraction of sp³-hybridized carbons (Fsp3) is 0.182. The summed E-state index contributed by atoms with van der Waals surface area (Å²) >= 11 is 4.86. The van der Waals surface area contributed by atoms with Gasteiger partial charge in [0.1, 0.15) is 0 Å². The van der Waals surface area contributed by atoms with Crippen LogP contribution in [0, 0.1) is 13.8 Å². The highest BCUT2D eigenvalue weighted by molar-refractivity contribution is 9.10. The molecule has 6 nitrogen and oxygen atoms in total. The molecule has 30 heavy (non-hydrogen) atoms. The standard InChI is InChI=1S/C22H19BrN4O2S/c1-13-4-3-5-17-19(13)24-12-27(21(17)29)11-10-18(28)25-22-26-20(14(2)30-22)15-6-8-16(23)9-7-15/h3-9,12H,10-11H2,1-2H3,(H,25,26,28). The van der Waals surface area contributed by atoms with Gasteiger partial charge in [0, 0.05) is 27.9 Å². The SMILES string of the molecule is Cc1sc(NC(=O)CCn2cnc3c(C)cccc3c2=O)nc1-c1ccc(Br)cc1. The fourth-order valence-electron chi connectivity index (χ4n) is 3.23. The minimum Gasteiger partial charge on any atom is -0.302 e. The van der Waals surface area contributed by atoms with Crippen molar-refractivity contribution in [1.29, 1.82) is 0 Å². The molecule has 1 N–H and O–H groups in total. The van der Waals surface area contributed by atoms with Gasteiger partial charge in [0.2, 0.25) is 5.91 Å². The summed E-state index contributed by atoms with van der Waals surface area (Å²) in [4.78, 5) is 35.1. The zero-order valence-corrected chi connectivity index (χ0v) is 18.9. The zero-order chi connectivity index (χ0) is 21.3. The van der Waals surface area contributed by atoms with Gasteiger partial charge in [-0.25, -0.2) is 9.97 Å². The monoisotopic (exact) mass is 482 g/mol. The summed E-state index contributed by atoms with van der Waals surface area (Å²) in [6.07, 6.45) is 1.66. The molecule has 0 unspecified atom stereocenters. The fourth-order valence-corrected chi connectivity index (χ4v) is 4.34. The van der Waals surface area contributed by atoms with E-state index in [1.807, 2.05) is 50.2 Å². The molecule has 0 bridgehead atoms. The molecule has 0 spiro atoms. The summed E-state index contributed by atoms with van der Waals surface area (Å²) in [6, 6.07) is 13.4. The smallest absolute Gasteiger partial charge is 0.261 e. The zero-order valence-electron chi connectivity index (χ0n) is 16.5. The summed E-state index contributed by atoms with van der Waals surface area (Å²) in [5, 5.41) is 3.96. The molecule has 0 aliphatic carbocycles. The number of benzene rings is 2. The molecule has 0 aliphatic heterocycles. The Bertz CT molecular complexity index is 1290. The van der Waals surface area contributed by atoms with Gasteiger partial charge < -0.3 is 5.32 Å². The Kier molecular flexibility index (Phi) is 5.78. The van der Waals surface area contributed by atoms with E-state index >= 15 is 0 Å². The van der Waals surface area contributed by atoms with Crippen molar-refractivity contribution in [2.75, 3.05) is 5.32 Å². The maximum Gasteiger partial charge on any atom is 0.261 e. The van der Waals surface area contributed by atoms with Crippen molar-refractivity contribution >= 4 is 49.2 Å². The van der Waals surface area contributed by atoms with Crippen molar-refractivity contribution in [2.24, 2.45) is 0 Å². The number of para-hydroxylation sites is 1. The third-order valence-corrected chi connectivity index (χ3v) is 6.21. The Morgan fingerprint density at radius 1 is 1.17 bits per heavy atom. The maximum absolute atomic E-state index is 12.7. The highest BCUT2D eigenvalue weighted by Crippen LogP contribution is 2.31. The molecule has 4 rings (SSSR count). The van der Waals surface area contributed by atoms with Gasteiger partial charge in [-0.15, -0.1) is 11.3 Å². The van der Waals surface area contributed by atoms with Gasteiger partial charge in [0.25, 0.3) is 5.56 Å².